The van der Waals surface area contributed by atoms with Crippen molar-refractivity contribution in [1.82, 2.24) is 4.98 Å². The molecular weight excluding hydrogens is 342 g/mol. The predicted octanol–water partition coefficient (Wildman–Crippen LogP) is 3.46. The van der Waals surface area contributed by atoms with E-state index < -0.39 is 12.1 Å². The van der Waals surface area contributed by atoms with Crippen LogP contribution >= 0.6 is 11.3 Å². The molecule has 2 rings (SSSR count). The zero-order valence-corrected chi connectivity index (χ0v) is 15.3. The molecule has 0 N–H and O–H groups in total. The predicted molar refractivity (Wildman–Crippen MR) is 96.1 cm³/mol. The molecular formula is C18H21NO5S. The van der Waals surface area contributed by atoms with E-state index in [4.69, 9.17) is 18.9 Å². The summed E-state index contributed by atoms with van der Waals surface area (Å²) in [5.74, 6) is 0.946. The van der Waals surface area contributed by atoms with E-state index in [0.29, 0.717) is 23.8 Å². The molecule has 1 unspecified atom stereocenters. The summed E-state index contributed by atoms with van der Waals surface area (Å²) in [4.78, 5) is 16.3. The Morgan fingerprint density at radius 2 is 2.16 bits per heavy atom. The van der Waals surface area contributed by atoms with Gasteiger partial charge in [-0.2, -0.15) is 0 Å². The van der Waals surface area contributed by atoms with Gasteiger partial charge in [-0.05, 0) is 19.1 Å². The van der Waals surface area contributed by atoms with Gasteiger partial charge in [-0.1, -0.05) is 6.08 Å². The van der Waals surface area contributed by atoms with Crippen LogP contribution < -0.4 is 9.47 Å². The Kier molecular flexibility index (Phi) is 6.97. The molecule has 134 valence electrons. The molecule has 0 aliphatic heterocycles. The second-order valence-corrected chi connectivity index (χ2v) is 5.94. The summed E-state index contributed by atoms with van der Waals surface area (Å²) in [5, 5.41) is 2.63. The van der Waals surface area contributed by atoms with Gasteiger partial charge in [0.15, 0.2) is 6.10 Å². The number of nitrogens with zero attached hydrogens (tertiary/aromatic N) is 1. The van der Waals surface area contributed by atoms with Gasteiger partial charge in [0.25, 0.3) is 0 Å². The van der Waals surface area contributed by atoms with Gasteiger partial charge in [0.1, 0.15) is 23.1 Å². The lowest BCUT2D eigenvalue weighted by molar-refractivity contribution is -0.156. The van der Waals surface area contributed by atoms with E-state index in [-0.39, 0.29) is 6.61 Å². The van der Waals surface area contributed by atoms with Crippen LogP contribution in [0.4, 0.5) is 0 Å². The van der Waals surface area contributed by atoms with Crippen molar-refractivity contribution in [3.63, 3.8) is 0 Å². The van der Waals surface area contributed by atoms with Gasteiger partial charge in [-0.15, -0.1) is 17.9 Å². The zero-order valence-electron chi connectivity index (χ0n) is 14.5. The smallest absolute Gasteiger partial charge is 0.335 e. The number of carbonyl (C=O) groups excluding carboxylic acids is 1. The van der Waals surface area contributed by atoms with Crippen molar-refractivity contribution in [3.8, 4) is 22.1 Å². The standard InChI is InChI=1S/C18H21NO5S/c1-5-8-23-12(2)18(20)24-10-13-11-25-17(19-13)15-7-6-14(21-3)9-16(15)22-4/h5-7,9,11-12H,1,8,10H2,2-4H3. The van der Waals surface area contributed by atoms with E-state index >= 15 is 0 Å². The van der Waals surface area contributed by atoms with E-state index in [1.165, 1.54) is 11.3 Å². The first-order chi connectivity index (χ1) is 12.1. The van der Waals surface area contributed by atoms with Crippen molar-refractivity contribution in [2.45, 2.75) is 19.6 Å². The molecule has 1 heterocycles. The van der Waals surface area contributed by atoms with Crippen LogP contribution in [0.25, 0.3) is 10.6 Å². The topological polar surface area (TPSA) is 66.9 Å². The molecule has 2 aromatic rings. The molecule has 0 radical (unpaired) electrons. The Hall–Kier alpha value is -2.38. The maximum Gasteiger partial charge on any atom is 0.335 e. The van der Waals surface area contributed by atoms with Crippen LogP contribution in [-0.4, -0.2) is 37.9 Å². The molecule has 0 saturated heterocycles. The van der Waals surface area contributed by atoms with Crippen LogP contribution in [0, 0.1) is 0 Å². The number of ether oxygens (including phenoxy) is 4. The molecule has 1 aromatic carbocycles. The van der Waals surface area contributed by atoms with Gasteiger partial charge in [0, 0.05) is 11.4 Å². The second kappa shape index (κ2) is 9.19. The van der Waals surface area contributed by atoms with E-state index in [9.17, 15) is 4.79 Å². The molecule has 1 atom stereocenters. The van der Waals surface area contributed by atoms with Crippen LogP contribution in [0.1, 0.15) is 12.6 Å². The number of benzene rings is 1. The fourth-order valence-electron chi connectivity index (χ4n) is 2.02. The fourth-order valence-corrected chi connectivity index (χ4v) is 2.85. The Balaban J connectivity index is 2.03. The minimum absolute atomic E-state index is 0.0928. The highest BCUT2D eigenvalue weighted by Crippen LogP contribution is 2.35. The summed E-state index contributed by atoms with van der Waals surface area (Å²) in [5.41, 5.74) is 1.52. The lowest BCUT2D eigenvalue weighted by Crippen LogP contribution is -2.23. The fraction of sp³-hybridized carbons (Fsp3) is 0.333. The molecule has 0 fully saturated rings. The maximum absolute atomic E-state index is 11.8. The number of methoxy groups -OCH3 is 2. The number of esters is 1. The van der Waals surface area contributed by atoms with Crippen molar-refractivity contribution in [3.05, 3.63) is 41.9 Å². The van der Waals surface area contributed by atoms with Crippen molar-refractivity contribution >= 4 is 17.3 Å². The van der Waals surface area contributed by atoms with Gasteiger partial charge in [-0.3, -0.25) is 0 Å². The van der Waals surface area contributed by atoms with Crippen LogP contribution in [0.3, 0.4) is 0 Å². The van der Waals surface area contributed by atoms with Crippen LogP contribution in [0.15, 0.2) is 36.2 Å². The van der Waals surface area contributed by atoms with Crippen LogP contribution in [0.2, 0.25) is 0 Å². The third-order valence-corrected chi connectivity index (χ3v) is 4.27. The lowest BCUT2D eigenvalue weighted by atomic mass is 10.2. The summed E-state index contributed by atoms with van der Waals surface area (Å²) >= 11 is 1.45. The van der Waals surface area contributed by atoms with E-state index in [1.54, 1.807) is 33.3 Å². The number of aromatic nitrogens is 1. The minimum atomic E-state index is -0.641. The Morgan fingerprint density at radius 1 is 1.36 bits per heavy atom. The van der Waals surface area contributed by atoms with E-state index in [0.717, 1.165) is 10.6 Å². The van der Waals surface area contributed by atoms with E-state index in [1.807, 2.05) is 17.5 Å². The first-order valence-electron chi connectivity index (χ1n) is 7.65. The number of hydrogen-bond acceptors (Lipinski definition) is 7. The van der Waals surface area contributed by atoms with Crippen molar-refractivity contribution in [2.24, 2.45) is 0 Å². The molecule has 6 nitrogen and oxygen atoms in total. The third-order valence-electron chi connectivity index (χ3n) is 3.35. The minimum Gasteiger partial charge on any atom is -0.497 e. The first kappa shape index (κ1) is 19.0. The number of hydrogen-bond donors (Lipinski definition) is 0. The summed E-state index contributed by atoms with van der Waals surface area (Å²) in [6.07, 6.45) is 0.941. The number of thiazole rings is 1. The molecule has 0 aliphatic carbocycles. The van der Waals surface area contributed by atoms with Gasteiger partial charge >= 0.3 is 5.97 Å². The zero-order chi connectivity index (χ0) is 18.2. The number of carbonyl (C=O) groups is 1. The Bertz CT molecular complexity index is 728. The van der Waals surface area contributed by atoms with Gasteiger partial charge in [0.05, 0.1) is 32.1 Å². The lowest BCUT2D eigenvalue weighted by Gasteiger charge is -2.10. The highest BCUT2D eigenvalue weighted by Gasteiger charge is 2.16. The highest BCUT2D eigenvalue weighted by atomic mass is 32.1. The quantitative estimate of drug-likeness (QED) is 0.502. The molecule has 0 saturated carbocycles. The molecule has 0 bridgehead atoms. The van der Waals surface area contributed by atoms with Crippen LogP contribution in [0.5, 0.6) is 11.5 Å². The molecule has 0 aliphatic rings. The Morgan fingerprint density at radius 3 is 2.84 bits per heavy atom. The molecule has 0 spiro atoms. The maximum atomic E-state index is 11.8. The molecule has 25 heavy (non-hydrogen) atoms. The average molecular weight is 363 g/mol. The first-order valence-corrected chi connectivity index (χ1v) is 8.53. The summed E-state index contributed by atoms with van der Waals surface area (Å²) < 4.78 is 21.0. The van der Waals surface area contributed by atoms with Gasteiger partial charge < -0.3 is 18.9 Å². The van der Waals surface area contributed by atoms with Crippen molar-refractivity contribution in [2.75, 3.05) is 20.8 Å². The largest absolute Gasteiger partial charge is 0.497 e. The average Bonchev–Trinajstić information content (AvgIpc) is 3.12. The van der Waals surface area contributed by atoms with Gasteiger partial charge in [0.2, 0.25) is 0 Å². The van der Waals surface area contributed by atoms with Crippen molar-refractivity contribution in [1.29, 1.82) is 0 Å². The summed E-state index contributed by atoms with van der Waals surface area (Å²) in [6.45, 7) is 5.57. The third kappa shape index (κ3) is 5.04. The monoisotopic (exact) mass is 363 g/mol. The van der Waals surface area contributed by atoms with E-state index in [2.05, 4.69) is 11.6 Å². The van der Waals surface area contributed by atoms with Crippen molar-refractivity contribution < 1.29 is 23.7 Å². The summed E-state index contributed by atoms with van der Waals surface area (Å²) in [7, 11) is 3.20. The summed E-state index contributed by atoms with van der Waals surface area (Å²) in [6, 6.07) is 5.53. The van der Waals surface area contributed by atoms with Crippen LogP contribution in [-0.2, 0) is 20.9 Å². The van der Waals surface area contributed by atoms with Gasteiger partial charge in [-0.25, -0.2) is 9.78 Å². The number of rotatable bonds is 9. The highest BCUT2D eigenvalue weighted by molar-refractivity contribution is 7.13. The Labute approximate surface area is 151 Å². The second-order valence-electron chi connectivity index (χ2n) is 5.08. The molecule has 1 aromatic heterocycles. The normalized spacial score (nSPS) is 11.6. The molecule has 7 heteroatoms. The SMILES string of the molecule is C=CCOC(C)C(=O)OCc1csc(-c2ccc(OC)cc2OC)n1. The molecule has 0 amide bonds.